The Morgan fingerprint density at radius 3 is 2.47 bits per heavy atom. The zero-order valence-electron chi connectivity index (χ0n) is 11.2. The van der Waals surface area contributed by atoms with Crippen LogP contribution in [0.2, 0.25) is 0 Å². The first-order valence-electron chi connectivity index (χ1n) is 6.57. The summed E-state index contributed by atoms with van der Waals surface area (Å²) in [4.78, 5) is 13.8. The van der Waals surface area contributed by atoms with Gasteiger partial charge < -0.3 is 9.84 Å². The van der Waals surface area contributed by atoms with Crippen LogP contribution in [0.15, 0.2) is 0 Å². The molecule has 1 rings (SSSR count). The highest BCUT2D eigenvalue weighted by Gasteiger charge is 2.47. The lowest BCUT2D eigenvalue weighted by atomic mass is 9.92. The Kier molecular flexibility index (Phi) is 5.40. The van der Waals surface area contributed by atoms with Gasteiger partial charge in [0.2, 0.25) is 0 Å². The predicted octanol–water partition coefficient (Wildman–Crippen LogP) is 2.13. The van der Waals surface area contributed by atoms with Crippen molar-refractivity contribution in [2.45, 2.75) is 57.5 Å². The van der Waals surface area contributed by atoms with Gasteiger partial charge in [-0.25, -0.2) is 0 Å². The molecule has 4 nitrogen and oxygen atoms in total. The molecule has 0 radical (unpaired) electrons. The topological polar surface area (TPSA) is 49.8 Å². The van der Waals surface area contributed by atoms with Gasteiger partial charge in [0.15, 0.2) is 0 Å². The highest BCUT2D eigenvalue weighted by Crippen LogP contribution is 2.37. The average Bonchev–Trinajstić information content (AvgIpc) is 2.79. The third-order valence-electron chi connectivity index (χ3n) is 4.04. The van der Waals surface area contributed by atoms with Crippen LogP contribution < -0.4 is 0 Å². The smallest absolute Gasteiger partial charge is 0.324 e. The van der Waals surface area contributed by atoms with Gasteiger partial charge in [0.25, 0.3) is 0 Å². The second-order valence-corrected chi connectivity index (χ2v) is 4.99. The number of nitrogens with zero attached hydrogens (tertiary/aromatic N) is 1. The molecule has 100 valence electrons. The van der Waals surface area contributed by atoms with E-state index in [1.54, 1.807) is 7.11 Å². The first-order valence-corrected chi connectivity index (χ1v) is 6.57. The summed E-state index contributed by atoms with van der Waals surface area (Å²) in [6.07, 6.45) is 4.56. The molecule has 17 heavy (non-hydrogen) atoms. The largest absolute Gasteiger partial charge is 0.480 e. The van der Waals surface area contributed by atoms with E-state index in [1.807, 2.05) is 0 Å². The van der Waals surface area contributed by atoms with Crippen LogP contribution in [0.4, 0.5) is 0 Å². The van der Waals surface area contributed by atoms with Crippen molar-refractivity contribution >= 4 is 5.97 Å². The minimum absolute atomic E-state index is 0.291. The van der Waals surface area contributed by atoms with Gasteiger partial charge in [-0.1, -0.05) is 19.8 Å². The van der Waals surface area contributed by atoms with Gasteiger partial charge in [0.1, 0.15) is 5.54 Å². The molecule has 1 aliphatic rings. The summed E-state index contributed by atoms with van der Waals surface area (Å²) in [5.41, 5.74) is -0.645. The van der Waals surface area contributed by atoms with Crippen LogP contribution >= 0.6 is 0 Å². The number of hydrogen-bond acceptors (Lipinski definition) is 3. The van der Waals surface area contributed by atoms with Gasteiger partial charge in [-0.2, -0.15) is 0 Å². The molecular weight excluding hydrogens is 218 g/mol. The summed E-state index contributed by atoms with van der Waals surface area (Å²) < 4.78 is 5.12. The first kappa shape index (κ1) is 14.5. The summed E-state index contributed by atoms with van der Waals surface area (Å²) >= 11 is 0. The van der Waals surface area contributed by atoms with Crippen molar-refractivity contribution in [2.24, 2.45) is 0 Å². The minimum Gasteiger partial charge on any atom is -0.480 e. The van der Waals surface area contributed by atoms with Crippen molar-refractivity contribution in [2.75, 3.05) is 20.3 Å². The lowest BCUT2D eigenvalue weighted by molar-refractivity contribution is -0.153. The molecule has 0 bridgehead atoms. The molecule has 0 aliphatic heterocycles. The molecule has 0 saturated heterocycles. The van der Waals surface area contributed by atoms with Crippen molar-refractivity contribution in [3.05, 3.63) is 0 Å². The van der Waals surface area contributed by atoms with Crippen molar-refractivity contribution in [1.29, 1.82) is 0 Å². The molecule has 0 aromatic rings. The molecule has 1 saturated carbocycles. The summed E-state index contributed by atoms with van der Waals surface area (Å²) in [5, 5.41) is 9.60. The highest BCUT2D eigenvalue weighted by molar-refractivity contribution is 5.79. The van der Waals surface area contributed by atoms with Crippen LogP contribution in [-0.2, 0) is 9.53 Å². The maximum Gasteiger partial charge on any atom is 0.324 e. The van der Waals surface area contributed by atoms with Gasteiger partial charge in [0.05, 0.1) is 6.61 Å². The van der Waals surface area contributed by atoms with Crippen molar-refractivity contribution in [1.82, 2.24) is 4.90 Å². The van der Waals surface area contributed by atoms with E-state index in [9.17, 15) is 9.90 Å². The van der Waals surface area contributed by atoms with E-state index < -0.39 is 11.5 Å². The number of carbonyl (C=O) groups is 1. The number of aliphatic carboxylic acids is 1. The Balaban J connectivity index is 2.87. The van der Waals surface area contributed by atoms with Crippen LogP contribution in [-0.4, -0.2) is 47.8 Å². The summed E-state index contributed by atoms with van der Waals surface area (Å²) in [6, 6.07) is 0.291. The molecule has 1 N–H and O–H groups in total. The third kappa shape index (κ3) is 2.99. The molecular formula is C13H25NO3. The van der Waals surface area contributed by atoms with E-state index >= 15 is 0 Å². The number of ether oxygens (including phenoxy) is 1. The molecule has 0 amide bonds. The van der Waals surface area contributed by atoms with Crippen molar-refractivity contribution in [3.8, 4) is 0 Å². The van der Waals surface area contributed by atoms with Crippen LogP contribution in [0.1, 0.15) is 46.0 Å². The number of carboxylic acids is 1. The lowest BCUT2D eigenvalue weighted by Crippen LogP contribution is -2.57. The first-order chi connectivity index (χ1) is 8.08. The number of rotatable bonds is 7. The second kappa shape index (κ2) is 6.36. The SMILES string of the molecule is CCC(C)N(CCOC)C1(C(=O)O)CCCC1. The Morgan fingerprint density at radius 1 is 1.47 bits per heavy atom. The zero-order valence-corrected chi connectivity index (χ0v) is 11.2. The average molecular weight is 243 g/mol. The van der Waals surface area contributed by atoms with Crippen LogP contribution in [0.3, 0.4) is 0 Å². The predicted molar refractivity (Wildman–Crippen MR) is 67.2 cm³/mol. The summed E-state index contributed by atoms with van der Waals surface area (Å²) in [6.45, 7) is 5.52. The minimum atomic E-state index is -0.661. The van der Waals surface area contributed by atoms with Crippen LogP contribution in [0.5, 0.6) is 0 Å². The van der Waals surface area contributed by atoms with Gasteiger partial charge in [-0.3, -0.25) is 9.69 Å². The molecule has 0 aromatic heterocycles. The maximum absolute atomic E-state index is 11.7. The fourth-order valence-electron chi connectivity index (χ4n) is 2.85. The Morgan fingerprint density at radius 2 is 2.06 bits per heavy atom. The molecule has 1 atom stereocenters. The Bertz CT molecular complexity index is 249. The van der Waals surface area contributed by atoms with E-state index in [-0.39, 0.29) is 0 Å². The van der Waals surface area contributed by atoms with E-state index in [2.05, 4.69) is 18.7 Å². The Hall–Kier alpha value is -0.610. The highest BCUT2D eigenvalue weighted by atomic mass is 16.5. The van der Waals surface area contributed by atoms with Crippen molar-refractivity contribution in [3.63, 3.8) is 0 Å². The zero-order chi connectivity index (χ0) is 12.9. The van der Waals surface area contributed by atoms with E-state index in [0.717, 1.165) is 32.1 Å². The van der Waals surface area contributed by atoms with Gasteiger partial charge in [-0.15, -0.1) is 0 Å². The molecule has 0 aromatic carbocycles. The molecule has 0 heterocycles. The van der Waals surface area contributed by atoms with E-state index in [1.165, 1.54) is 0 Å². The van der Waals surface area contributed by atoms with Crippen LogP contribution in [0.25, 0.3) is 0 Å². The monoisotopic (exact) mass is 243 g/mol. The second-order valence-electron chi connectivity index (χ2n) is 4.99. The van der Waals surface area contributed by atoms with Crippen LogP contribution in [0, 0.1) is 0 Å². The quantitative estimate of drug-likeness (QED) is 0.744. The molecule has 1 fully saturated rings. The standard InChI is InChI=1S/C13H25NO3/c1-4-11(2)14(9-10-17-3)13(12(15)16)7-5-6-8-13/h11H,4-10H2,1-3H3,(H,15,16). The number of hydrogen-bond donors (Lipinski definition) is 1. The Labute approximate surface area is 104 Å². The van der Waals surface area contributed by atoms with Crippen molar-refractivity contribution < 1.29 is 14.6 Å². The summed E-state index contributed by atoms with van der Waals surface area (Å²) in [7, 11) is 1.66. The molecule has 0 spiro atoms. The van der Waals surface area contributed by atoms with Gasteiger partial charge in [-0.05, 0) is 26.2 Å². The molecule has 1 unspecified atom stereocenters. The maximum atomic E-state index is 11.7. The lowest BCUT2D eigenvalue weighted by Gasteiger charge is -2.41. The number of methoxy groups -OCH3 is 1. The van der Waals surface area contributed by atoms with Gasteiger partial charge in [0, 0.05) is 19.7 Å². The fourth-order valence-corrected chi connectivity index (χ4v) is 2.85. The fraction of sp³-hybridized carbons (Fsp3) is 0.923. The normalized spacial score (nSPS) is 20.7. The van der Waals surface area contributed by atoms with E-state index in [4.69, 9.17) is 4.74 Å². The molecule has 1 aliphatic carbocycles. The molecule has 4 heteroatoms. The summed E-state index contributed by atoms with van der Waals surface area (Å²) in [5.74, 6) is -0.661. The van der Waals surface area contributed by atoms with Gasteiger partial charge >= 0.3 is 5.97 Å². The number of carboxylic acid groups (broad SMARTS) is 1. The third-order valence-corrected chi connectivity index (χ3v) is 4.04. The van der Waals surface area contributed by atoms with E-state index in [0.29, 0.717) is 19.2 Å².